The van der Waals surface area contributed by atoms with E-state index in [0.717, 1.165) is 47.1 Å². The zero-order valence-corrected chi connectivity index (χ0v) is 16.2. The summed E-state index contributed by atoms with van der Waals surface area (Å²) in [5.74, 6) is 2.12. The normalized spacial score (nSPS) is 14.4. The molecule has 0 amide bonds. The lowest BCUT2D eigenvalue weighted by atomic mass is 10.2. The van der Waals surface area contributed by atoms with E-state index in [4.69, 9.17) is 20.4 Å². The first-order valence-corrected chi connectivity index (χ1v) is 9.71. The minimum absolute atomic E-state index is 0.449. The van der Waals surface area contributed by atoms with Crippen LogP contribution < -0.4 is 10.6 Å². The molecule has 1 aromatic carbocycles. The van der Waals surface area contributed by atoms with E-state index >= 15 is 0 Å². The van der Waals surface area contributed by atoms with Crippen molar-refractivity contribution in [3.8, 4) is 17.1 Å². The van der Waals surface area contributed by atoms with Gasteiger partial charge in [-0.25, -0.2) is 15.0 Å². The maximum absolute atomic E-state index is 6.19. The maximum Gasteiger partial charge on any atom is 0.167 e. The molecular formula is C22H22N6O. The zero-order valence-electron chi connectivity index (χ0n) is 16.2. The highest BCUT2D eigenvalue weighted by atomic mass is 16.5. The Morgan fingerprint density at radius 1 is 0.966 bits per heavy atom. The number of nitrogens with zero attached hydrogens (tertiary/aromatic N) is 5. The van der Waals surface area contributed by atoms with Gasteiger partial charge in [-0.2, -0.15) is 0 Å². The van der Waals surface area contributed by atoms with E-state index in [1.165, 1.54) is 5.56 Å². The average molecular weight is 386 g/mol. The molecule has 1 aliphatic heterocycles. The summed E-state index contributed by atoms with van der Waals surface area (Å²) >= 11 is 0. The van der Waals surface area contributed by atoms with Crippen LogP contribution in [0.3, 0.4) is 0 Å². The molecule has 3 aromatic heterocycles. The lowest BCUT2D eigenvalue weighted by Gasteiger charge is -2.27. The quantitative estimate of drug-likeness (QED) is 0.582. The molecular weight excluding hydrogens is 364 g/mol. The summed E-state index contributed by atoms with van der Waals surface area (Å²) in [5.41, 5.74) is 10.8. The highest BCUT2D eigenvalue weighted by Gasteiger charge is 2.20. The van der Waals surface area contributed by atoms with E-state index in [0.29, 0.717) is 19.0 Å². The molecule has 0 spiro atoms. The Kier molecular flexibility index (Phi) is 4.37. The van der Waals surface area contributed by atoms with Crippen molar-refractivity contribution in [2.75, 3.05) is 36.9 Å². The van der Waals surface area contributed by atoms with Gasteiger partial charge in [0.05, 0.1) is 18.8 Å². The van der Waals surface area contributed by atoms with Crippen LogP contribution in [-0.4, -0.2) is 45.8 Å². The van der Waals surface area contributed by atoms with Crippen molar-refractivity contribution in [3.63, 3.8) is 0 Å². The molecule has 7 heteroatoms. The Morgan fingerprint density at radius 2 is 1.76 bits per heavy atom. The molecule has 1 fully saturated rings. The first-order valence-electron chi connectivity index (χ1n) is 9.71. The maximum atomic E-state index is 6.19. The molecule has 0 atom stereocenters. The minimum Gasteiger partial charge on any atom is -0.383 e. The number of fused-ring (bicyclic) bond motifs is 1. The lowest BCUT2D eigenvalue weighted by molar-refractivity contribution is 0.122. The molecule has 5 rings (SSSR count). The van der Waals surface area contributed by atoms with Gasteiger partial charge in [-0.3, -0.25) is 4.57 Å². The molecule has 0 saturated carbocycles. The van der Waals surface area contributed by atoms with Gasteiger partial charge in [0.1, 0.15) is 17.2 Å². The van der Waals surface area contributed by atoms with Crippen LogP contribution in [0, 0.1) is 6.92 Å². The summed E-state index contributed by atoms with van der Waals surface area (Å²) < 4.78 is 7.54. The largest absolute Gasteiger partial charge is 0.383 e. The van der Waals surface area contributed by atoms with Crippen molar-refractivity contribution < 1.29 is 4.74 Å². The van der Waals surface area contributed by atoms with Gasteiger partial charge in [0.25, 0.3) is 0 Å². The smallest absolute Gasteiger partial charge is 0.167 e. The second-order valence-electron chi connectivity index (χ2n) is 7.15. The van der Waals surface area contributed by atoms with Crippen LogP contribution in [0.5, 0.6) is 0 Å². The van der Waals surface area contributed by atoms with Gasteiger partial charge in [0, 0.05) is 25.0 Å². The Bertz CT molecular complexity index is 1160. The summed E-state index contributed by atoms with van der Waals surface area (Å²) in [7, 11) is 0. The number of aromatic nitrogens is 4. The molecule has 1 saturated heterocycles. The zero-order chi connectivity index (χ0) is 19.8. The van der Waals surface area contributed by atoms with Gasteiger partial charge in [-0.15, -0.1) is 0 Å². The van der Waals surface area contributed by atoms with E-state index in [1.54, 1.807) is 6.20 Å². The van der Waals surface area contributed by atoms with Crippen molar-refractivity contribution in [1.82, 2.24) is 19.5 Å². The number of hydrogen-bond donors (Lipinski definition) is 1. The molecule has 1 aliphatic rings. The molecule has 146 valence electrons. The lowest BCUT2D eigenvalue weighted by Crippen LogP contribution is -2.36. The van der Waals surface area contributed by atoms with Gasteiger partial charge >= 0.3 is 0 Å². The van der Waals surface area contributed by atoms with Gasteiger partial charge in [0.15, 0.2) is 11.5 Å². The third kappa shape index (κ3) is 3.19. The van der Waals surface area contributed by atoms with Crippen LogP contribution >= 0.6 is 0 Å². The SMILES string of the molecule is Cc1ccc(-n2c(-c3cccnc3N)nc3ccc(N4CCOCC4)nc32)cc1. The number of morpholine rings is 1. The number of aryl methyl sites for hydroxylation is 1. The van der Waals surface area contributed by atoms with Crippen molar-refractivity contribution in [2.24, 2.45) is 0 Å². The fraction of sp³-hybridized carbons (Fsp3) is 0.227. The second kappa shape index (κ2) is 7.18. The average Bonchev–Trinajstić information content (AvgIpc) is 3.14. The fourth-order valence-corrected chi connectivity index (χ4v) is 3.64. The van der Waals surface area contributed by atoms with E-state index < -0.39 is 0 Å². The number of ether oxygens (including phenoxy) is 1. The third-order valence-corrected chi connectivity index (χ3v) is 5.20. The predicted molar refractivity (Wildman–Crippen MR) is 114 cm³/mol. The summed E-state index contributed by atoms with van der Waals surface area (Å²) in [6.07, 6.45) is 1.69. The molecule has 0 radical (unpaired) electrons. The number of imidazole rings is 1. The number of rotatable bonds is 3. The standard InChI is InChI=1S/C22H22N6O/c1-15-4-6-16(7-5-15)28-21(17-3-2-10-24-20(17)23)25-18-8-9-19(26-22(18)28)27-11-13-29-14-12-27/h2-10H,11-14H2,1H3,(H2,23,24). The first kappa shape index (κ1) is 17.6. The van der Waals surface area contributed by atoms with E-state index in [1.807, 2.05) is 24.3 Å². The summed E-state index contributed by atoms with van der Waals surface area (Å²) in [5, 5.41) is 0. The van der Waals surface area contributed by atoms with Gasteiger partial charge in [-0.1, -0.05) is 17.7 Å². The fourth-order valence-electron chi connectivity index (χ4n) is 3.64. The third-order valence-electron chi connectivity index (χ3n) is 5.20. The number of pyridine rings is 2. The monoisotopic (exact) mass is 386 g/mol. The molecule has 2 N–H and O–H groups in total. The predicted octanol–water partition coefficient (Wildman–Crippen LogP) is 3.21. The highest BCUT2D eigenvalue weighted by Crippen LogP contribution is 2.31. The van der Waals surface area contributed by atoms with Crippen LogP contribution in [0.25, 0.3) is 28.2 Å². The van der Waals surface area contributed by atoms with E-state index in [-0.39, 0.29) is 0 Å². The second-order valence-corrected chi connectivity index (χ2v) is 7.15. The van der Waals surface area contributed by atoms with Crippen molar-refractivity contribution in [2.45, 2.75) is 6.92 Å². The summed E-state index contributed by atoms with van der Waals surface area (Å²) in [6, 6.07) is 16.2. The molecule has 0 bridgehead atoms. The minimum atomic E-state index is 0.449. The number of anilines is 2. The van der Waals surface area contributed by atoms with Gasteiger partial charge in [0.2, 0.25) is 0 Å². The molecule has 4 aromatic rings. The van der Waals surface area contributed by atoms with Crippen molar-refractivity contribution >= 4 is 22.8 Å². The number of nitrogens with two attached hydrogens (primary N) is 1. The van der Waals surface area contributed by atoms with Crippen molar-refractivity contribution in [3.05, 3.63) is 60.3 Å². The molecule has 4 heterocycles. The Hall–Kier alpha value is -3.45. The van der Waals surface area contributed by atoms with Gasteiger partial charge in [-0.05, 0) is 43.3 Å². The molecule has 0 aliphatic carbocycles. The topological polar surface area (TPSA) is 82.1 Å². The molecule has 29 heavy (non-hydrogen) atoms. The van der Waals surface area contributed by atoms with Crippen molar-refractivity contribution in [1.29, 1.82) is 0 Å². The highest BCUT2D eigenvalue weighted by molar-refractivity contribution is 5.83. The van der Waals surface area contributed by atoms with Crippen LogP contribution in [0.1, 0.15) is 5.56 Å². The van der Waals surface area contributed by atoms with E-state index in [2.05, 4.69) is 45.6 Å². The van der Waals surface area contributed by atoms with Crippen LogP contribution in [0.4, 0.5) is 11.6 Å². The number of nitrogen functional groups attached to an aromatic ring is 1. The number of benzene rings is 1. The van der Waals surface area contributed by atoms with Crippen LogP contribution in [0.15, 0.2) is 54.7 Å². The Balaban J connectivity index is 1.74. The van der Waals surface area contributed by atoms with Gasteiger partial charge < -0.3 is 15.4 Å². The molecule has 0 unspecified atom stereocenters. The molecule has 7 nitrogen and oxygen atoms in total. The Morgan fingerprint density at radius 3 is 2.52 bits per heavy atom. The summed E-state index contributed by atoms with van der Waals surface area (Å²) in [6.45, 7) is 5.17. The van der Waals surface area contributed by atoms with Crippen LogP contribution in [0.2, 0.25) is 0 Å². The first-order chi connectivity index (χ1) is 14.2. The van der Waals surface area contributed by atoms with E-state index in [9.17, 15) is 0 Å². The Labute approximate surface area is 168 Å². The summed E-state index contributed by atoms with van der Waals surface area (Å²) in [4.78, 5) is 16.3. The number of hydrogen-bond acceptors (Lipinski definition) is 6. The van der Waals surface area contributed by atoms with Crippen LogP contribution in [-0.2, 0) is 4.74 Å².